The fourth-order valence-corrected chi connectivity index (χ4v) is 4.31. The maximum absolute atomic E-state index is 11.9. The van der Waals surface area contributed by atoms with Crippen LogP contribution in [0.4, 0.5) is 5.69 Å². The molecule has 1 saturated carbocycles. The molecular weight excluding hydrogens is 314 g/mol. The highest BCUT2D eigenvalue weighted by Crippen LogP contribution is 2.39. The summed E-state index contributed by atoms with van der Waals surface area (Å²) in [5.74, 6) is 1.00. The predicted octanol–water partition coefficient (Wildman–Crippen LogP) is 4.81. The fourth-order valence-electron chi connectivity index (χ4n) is 3.96. The van der Waals surface area contributed by atoms with Gasteiger partial charge >= 0.3 is 0 Å². The maximum Gasteiger partial charge on any atom is 0.161 e. The second kappa shape index (κ2) is 5.88. The first kappa shape index (κ1) is 14.1. The van der Waals surface area contributed by atoms with Crippen LogP contribution in [-0.2, 0) is 0 Å². The minimum Gasteiger partial charge on any atom is -0.368 e. The Morgan fingerprint density at radius 2 is 1.95 bits per heavy atom. The van der Waals surface area contributed by atoms with Crippen molar-refractivity contribution in [3.8, 4) is 0 Å². The molecule has 1 aliphatic carbocycles. The van der Waals surface area contributed by atoms with Crippen LogP contribution in [0.25, 0.3) is 0 Å². The van der Waals surface area contributed by atoms with Gasteiger partial charge in [0, 0.05) is 28.3 Å². The number of halogens is 1. The van der Waals surface area contributed by atoms with Gasteiger partial charge in [-0.2, -0.15) is 0 Å². The number of hydrogen-bond acceptors (Lipinski definition) is 2. The van der Waals surface area contributed by atoms with Crippen molar-refractivity contribution in [3.05, 3.63) is 28.2 Å². The molecule has 108 valence electrons. The Morgan fingerprint density at radius 1 is 1.20 bits per heavy atom. The van der Waals surface area contributed by atoms with Crippen molar-refractivity contribution in [1.82, 2.24) is 0 Å². The molecule has 2 nitrogen and oxygen atoms in total. The summed E-state index contributed by atoms with van der Waals surface area (Å²) < 4.78 is 1.07. The Balaban J connectivity index is 1.98. The number of rotatable bonds is 2. The molecule has 3 rings (SSSR count). The molecule has 1 aliphatic heterocycles. The van der Waals surface area contributed by atoms with Gasteiger partial charge in [0.05, 0.1) is 0 Å². The van der Waals surface area contributed by atoms with Gasteiger partial charge in [-0.15, -0.1) is 0 Å². The Kier molecular flexibility index (Phi) is 4.16. The second-order valence-electron chi connectivity index (χ2n) is 6.17. The smallest absolute Gasteiger partial charge is 0.161 e. The summed E-state index contributed by atoms with van der Waals surface area (Å²) in [6, 6.07) is 6.72. The van der Waals surface area contributed by atoms with Crippen LogP contribution in [0, 0.1) is 5.92 Å². The topological polar surface area (TPSA) is 20.3 Å². The molecule has 0 spiro atoms. The van der Waals surface area contributed by atoms with E-state index in [9.17, 15) is 4.79 Å². The van der Waals surface area contributed by atoms with Gasteiger partial charge in [0.15, 0.2) is 5.78 Å². The maximum atomic E-state index is 11.9. The molecule has 0 aromatic heterocycles. The molecule has 0 amide bonds. The van der Waals surface area contributed by atoms with Crippen molar-refractivity contribution in [2.24, 2.45) is 5.92 Å². The van der Waals surface area contributed by atoms with Gasteiger partial charge in [-0.25, -0.2) is 0 Å². The standard InChI is InChI=1S/C17H22BrNO/c1-12(20)15-9-8-14(18)11-17(15)19-10-4-6-13-5-2-3-7-16(13)19/h8-9,11,13,16H,2-7,10H2,1H3. The Hall–Kier alpha value is -0.830. The van der Waals surface area contributed by atoms with Crippen LogP contribution >= 0.6 is 15.9 Å². The van der Waals surface area contributed by atoms with E-state index in [-0.39, 0.29) is 5.78 Å². The van der Waals surface area contributed by atoms with Gasteiger partial charge in [0.25, 0.3) is 0 Å². The van der Waals surface area contributed by atoms with Crippen molar-refractivity contribution >= 4 is 27.4 Å². The van der Waals surface area contributed by atoms with E-state index in [1.165, 1.54) is 38.5 Å². The second-order valence-corrected chi connectivity index (χ2v) is 7.08. The number of Topliss-reactive ketones (excluding diaryl/α,β-unsaturated/α-hetero) is 1. The minimum atomic E-state index is 0.172. The van der Waals surface area contributed by atoms with E-state index in [0.717, 1.165) is 28.2 Å². The van der Waals surface area contributed by atoms with Crippen molar-refractivity contribution in [1.29, 1.82) is 0 Å². The predicted molar refractivity (Wildman–Crippen MR) is 86.5 cm³/mol. The van der Waals surface area contributed by atoms with Crippen molar-refractivity contribution in [3.63, 3.8) is 0 Å². The lowest BCUT2D eigenvalue weighted by Crippen LogP contribution is -2.47. The largest absolute Gasteiger partial charge is 0.368 e. The molecule has 1 heterocycles. The summed E-state index contributed by atoms with van der Waals surface area (Å²) in [6.07, 6.45) is 7.99. The Labute approximate surface area is 129 Å². The highest BCUT2D eigenvalue weighted by atomic mass is 79.9. The third-order valence-electron chi connectivity index (χ3n) is 4.89. The van der Waals surface area contributed by atoms with Crippen LogP contribution in [0.15, 0.2) is 22.7 Å². The molecule has 2 atom stereocenters. The molecule has 2 unspecified atom stereocenters. The van der Waals surface area contributed by atoms with Crippen LogP contribution in [0.5, 0.6) is 0 Å². The molecule has 0 radical (unpaired) electrons. The first-order valence-corrected chi connectivity index (χ1v) is 8.53. The van der Waals surface area contributed by atoms with Gasteiger partial charge in [-0.1, -0.05) is 28.8 Å². The average Bonchev–Trinajstić information content (AvgIpc) is 2.46. The van der Waals surface area contributed by atoms with Gasteiger partial charge < -0.3 is 4.90 Å². The van der Waals surface area contributed by atoms with Crippen LogP contribution in [0.1, 0.15) is 55.8 Å². The van der Waals surface area contributed by atoms with E-state index in [0.29, 0.717) is 6.04 Å². The Morgan fingerprint density at radius 3 is 2.75 bits per heavy atom. The molecular formula is C17H22BrNO. The van der Waals surface area contributed by atoms with Crippen LogP contribution < -0.4 is 4.90 Å². The van der Waals surface area contributed by atoms with E-state index >= 15 is 0 Å². The van der Waals surface area contributed by atoms with E-state index < -0.39 is 0 Å². The van der Waals surface area contributed by atoms with Crippen LogP contribution in [0.3, 0.4) is 0 Å². The number of piperidine rings is 1. The lowest BCUT2D eigenvalue weighted by molar-refractivity contribution is 0.101. The highest BCUT2D eigenvalue weighted by Gasteiger charge is 2.34. The van der Waals surface area contributed by atoms with E-state index in [1.54, 1.807) is 6.92 Å². The summed E-state index contributed by atoms with van der Waals surface area (Å²) in [4.78, 5) is 14.5. The zero-order valence-electron chi connectivity index (χ0n) is 12.1. The molecule has 20 heavy (non-hydrogen) atoms. The average molecular weight is 336 g/mol. The minimum absolute atomic E-state index is 0.172. The zero-order chi connectivity index (χ0) is 14.1. The fraction of sp³-hybridized carbons (Fsp3) is 0.588. The summed E-state index contributed by atoms with van der Waals surface area (Å²) in [6.45, 7) is 2.77. The summed E-state index contributed by atoms with van der Waals surface area (Å²) >= 11 is 3.56. The van der Waals surface area contributed by atoms with E-state index in [1.807, 2.05) is 12.1 Å². The van der Waals surface area contributed by atoms with Gasteiger partial charge in [0.1, 0.15) is 0 Å². The Bertz CT molecular complexity index is 512. The summed E-state index contributed by atoms with van der Waals surface area (Å²) in [5.41, 5.74) is 2.02. The first-order valence-electron chi connectivity index (χ1n) is 7.74. The molecule has 2 fully saturated rings. The summed E-state index contributed by atoms with van der Waals surface area (Å²) in [5, 5.41) is 0. The lowest BCUT2D eigenvalue weighted by atomic mass is 9.78. The number of ketones is 1. The molecule has 2 aliphatic rings. The molecule has 1 saturated heterocycles. The number of carbonyl (C=O) groups is 1. The van der Waals surface area contributed by atoms with Crippen molar-refractivity contribution < 1.29 is 4.79 Å². The van der Waals surface area contributed by atoms with Crippen molar-refractivity contribution in [2.45, 2.75) is 51.5 Å². The normalized spacial score (nSPS) is 26.2. The number of benzene rings is 1. The quantitative estimate of drug-likeness (QED) is 0.722. The van der Waals surface area contributed by atoms with Crippen molar-refractivity contribution in [2.75, 3.05) is 11.4 Å². The molecule has 1 aromatic rings. The third kappa shape index (κ3) is 2.65. The van der Waals surface area contributed by atoms with E-state index in [4.69, 9.17) is 0 Å². The van der Waals surface area contributed by atoms with Crippen LogP contribution in [-0.4, -0.2) is 18.4 Å². The number of fused-ring (bicyclic) bond motifs is 1. The van der Waals surface area contributed by atoms with Gasteiger partial charge in [-0.3, -0.25) is 4.79 Å². The zero-order valence-corrected chi connectivity index (χ0v) is 13.7. The highest BCUT2D eigenvalue weighted by molar-refractivity contribution is 9.10. The number of hydrogen-bond donors (Lipinski definition) is 0. The van der Waals surface area contributed by atoms with Gasteiger partial charge in [-0.05, 0) is 56.7 Å². The number of carbonyl (C=O) groups excluding carboxylic acids is 1. The number of nitrogens with zero attached hydrogens (tertiary/aromatic N) is 1. The molecule has 1 aromatic carbocycles. The SMILES string of the molecule is CC(=O)c1ccc(Br)cc1N1CCCC2CCCCC21. The lowest BCUT2D eigenvalue weighted by Gasteiger charge is -2.46. The van der Waals surface area contributed by atoms with E-state index in [2.05, 4.69) is 26.9 Å². The molecule has 0 N–H and O–H groups in total. The monoisotopic (exact) mass is 335 g/mol. The first-order chi connectivity index (χ1) is 9.66. The number of anilines is 1. The molecule has 3 heteroatoms. The van der Waals surface area contributed by atoms with Crippen LogP contribution in [0.2, 0.25) is 0 Å². The van der Waals surface area contributed by atoms with Gasteiger partial charge in [0.2, 0.25) is 0 Å². The molecule has 0 bridgehead atoms. The third-order valence-corrected chi connectivity index (χ3v) is 5.38. The summed E-state index contributed by atoms with van der Waals surface area (Å²) in [7, 11) is 0.